The Kier molecular flexibility index (Phi) is 67.7. The van der Waals surface area contributed by atoms with Gasteiger partial charge in [0.1, 0.15) is 19.3 Å². The molecule has 0 amide bonds. The summed E-state index contributed by atoms with van der Waals surface area (Å²) >= 11 is 0. The van der Waals surface area contributed by atoms with Gasteiger partial charge in [-0.3, -0.25) is 37.3 Å². The number of carbonyl (C=O) groups excluding carboxylic acids is 4. The van der Waals surface area contributed by atoms with Crippen LogP contribution < -0.4 is 0 Å². The molecule has 0 aromatic rings. The van der Waals surface area contributed by atoms with E-state index in [9.17, 15) is 43.2 Å². The molecule has 0 rings (SSSR count). The molecule has 564 valence electrons. The minimum absolute atomic E-state index is 0.108. The standard InChI is InChI=1S/C76H148O17P2/c1-6-9-12-15-18-21-23-25-28-33-36-40-45-50-55-60-74(79)87-66-72(93-76(81)62-57-52-47-42-38-34-30-27-26-29-32-35-39-43-48-53-58-69(4)5)68-91-95(84,85)89-64-70(77)63-88-94(82,83)90-67-71(65-86-73(78)59-54-49-44-20-17-14-11-8-3)92-75(80)61-56-51-46-41-37-31-24-22-19-16-13-10-7-2/h69-72,77H,6-68H2,1-5H3,(H,82,83)(H,84,85)/t70-,71+,72+/m0/s1. The molecule has 0 aromatic heterocycles. The van der Waals surface area contributed by atoms with Crippen LogP contribution in [0, 0.1) is 5.92 Å². The lowest BCUT2D eigenvalue weighted by molar-refractivity contribution is -0.161. The molecule has 3 N–H and O–H groups in total. The van der Waals surface area contributed by atoms with Gasteiger partial charge in [0, 0.05) is 25.7 Å². The number of unbranched alkanes of at least 4 members (excludes halogenated alkanes) is 48. The van der Waals surface area contributed by atoms with Crippen molar-refractivity contribution in [2.24, 2.45) is 5.92 Å². The number of aliphatic hydroxyl groups is 1. The molecule has 0 aliphatic rings. The Morgan fingerprint density at radius 2 is 0.484 bits per heavy atom. The van der Waals surface area contributed by atoms with Gasteiger partial charge in [0.2, 0.25) is 0 Å². The second kappa shape index (κ2) is 69.2. The van der Waals surface area contributed by atoms with E-state index in [0.29, 0.717) is 25.7 Å². The van der Waals surface area contributed by atoms with Crippen LogP contribution in [0.3, 0.4) is 0 Å². The third kappa shape index (κ3) is 70.3. The molecular formula is C76H148O17P2. The largest absolute Gasteiger partial charge is 0.472 e. The van der Waals surface area contributed by atoms with Crippen molar-refractivity contribution in [2.75, 3.05) is 39.6 Å². The number of carbonyl (C=O) groups is 4. The fraction of sp³-hybridized carbons (Fsp3) is 0.947. The number of hydrogen-bond acceptors (Lipinski definition) is 15. The quantitative estimate of drug-likeness (QED) is 0.0222. The fourth-order valence-electron chi connectivity index (χ4n) is 11.7. The lowest BCUT2D eigenvalue weighted by atomic mass is 10.0. The van der Waals surface area contributed by atoms with Crippen LogP contribution in [-0.4, -0.2) is 96.7 Å². The molecule has 0 heterocycles. The molecule has 0 spiro atoms. The topological polar surface area (TPSA) is 237 Å². The predicted octanol–water partition coefficient (Wildman–Crippen LogP) is 22.5. The van der Waals surface area contributed by atoms with Crippen molar-refractivity contribution in [3.8, 4) is 0 Å². The minimum atomic E-state index is -4.96. The Hall–Kier alpha value is -1.94. The van der Waals surface area contributed by atoms with E-state index in [0.717, 1.165) is 102 Å². The first-order valence-corrected chi connectivity index (χ1v) is 42.6. The molecule has 0 saturated heterocycles. The Balaban J connectivity index is 5.20. The zero-order valence-electron chi connectivity index (χ0n) is 61.8. The first-order valence-electron chi connectivity index (χ1n) is 39.6. The maximum Gasteiger partial charge on any atom is 0.472 e. The van der Waals surface area contributed by atoms with E-state index >= 15 is 0 Å². The van der Waals surface area contributed by atoms with Crippen molar-refractivity contribution in [1.29, 1.82) is 0 Å². The van der Waals surface area contributed by atoms with E-state index in [4.69, 9.17) is 37.0 Å². The number of phosphoric ester groups is 2. The summed E-state index contributed by atoms with van der Waals surface area (Å²) < 4.78 is 68.5. The van der Waals surface area contributed by atoms with Gasteiger partial charge < -0.3 is 33.8 Å². The molecule has 0 aliphatic heterocycles. The van der Waals surface area contributed by atoms with Crippen LogP contribution in [0.5, 0.6) is 0 Å². The van der Waals surface area contributed by atoms with Crippen LogP contribution >= 0.6 is 15.6 Å². The number of rotatable bonds is 76. The zero-order chi connectivity index (χ0) is 69.8. The molecule has 95 heavy (non-hydrogen) atoms. The summed E-state index contributed by atoms with van der Waals surface area (Å²) in [6.45, 7) is 7.30. The molecular weight excluding hydrogens is 1250 g/mol. The van der Waals surface area contributed by atoms with E-state index < -0.39 is 97.5 Å². The zero-order valence-corrected chi connectivity index (χ0v) is 63.6. The highest BCUT2D eigenvalue weighted by Gasteiger charge is 2.30. The number of esters is 4. The Morgan fingerprint density at radius 1 is 0.284 bits per heavy atom. The maximum atomic E-state index is 13.1. The van der Waals surface area contributed by atoms with Crippen molar-refractivity contribution in [1.82, 2.24) is 0 Å². The molecule has 5 atom stereocenters. The third-order valence-corrected chi connectivity index (χ3v) is 19.7. The van der Waals surface area contributed by atoms with E-state index in [1.165, 1.54) is 218 Å². The van der Waals surface area contributed by atoms with Crippen molar-refractivity contribution in [3.05, 3.63) is 0 Å². The van der Waals surface area contributed by atoms with Gasteiger partial charge in [0.05, 0.1) is 26.4 Å². The number of hydrogen-bond donors (Lipinski definition) is 3. The van der Waals surface area contributed by atoms with Crippen molar-refractivity contribution in [2.45, 2.75) is 419 Å². The molecule has 2 unspecified atom stereocenters. The second-order valence-electron chi connectivity index (χ2n) is 27.9. The fourth-order valence-corrected chi connectivity index (χ4v) is 13.3. The molecule has 0 fully saturated rings. The molecule has 0 bridgehead atoms. The Labute approximate surface area is 581 Å². The van der Waals surface area contributed by atoms with Crippen molar-refractivity contribution >= 4 is 39.5 Å². The highest BCUT2D eigenvalue weighted by Crippen LogP contribution is 2.45. The van der Waals surface area contributed by atoms with E-state index in [1.54, 1.807) is 0 Å². The summed E-state index contributed by atoms with van der Waals surface area (Å²) in [7, 11) is -9.91. The summed E-state index contributed by atoms with van der Waals surface area (Å²) in [6.07, 6.45) is 58.2. The van der Waals surface area contributed by atoms with Gasteiger partial charge in [-0.15, -0.1) is 0 Å². The van der Waals surface area contributed by atoms with Crippen LogP contribution in [0.2, 0.25) is 0 Å². The van der Waals surface area contributed by atoms with Crippen LogP contribution in [0.4, 0.5) is 0 Å². The molecule has 0 radical (unpaired) electrons. The third-order valence-electron chi connectivity index (χ3n) is 17.8. The molecule has 0 aliphatic carbocycles. The van der Waals surface area contributed by atoms with Gasteiger partial charge in [0.15, 0.2) is 12.2 Å². The highest BCUT2D eigenvalue weighted by atomic mass is 31.2. The van der Waals surface area contributed by atoms with Crippen LogP contribution in [-0.2, 0) is 65.4 Å². The van der Waals surface area contributed by atoms with Crippen LogP contribution in [0.1, 0.15) is 401 Å². The van der Waals surface area contributed by atoms with Gasteiger partial charge in [-0.05, 0) is 31.6 Å². The lowest BCUT2D eigenvalue weighted by Crippen LogP contribution is -2.30. The normalized spacial score (nSPS) is 13.9. The summed E-state index contributed by atoms with van der Waals surface area (Å²) in [6, 6.07) is 0. The molecule has 0 saturated carbocycles. The first-order chi connectivity index (χ1) is 46.0. The van der Waals surface area contributed by atoms with Crippen molar-refractivity contribution in [3.63, 3.8) is 0 Å². The van der Waals surface area contributed by atoms with Crippen LogP contribution in [0.25, 0.3) is 0 Å². The molecule has 17 nitrogen and oxygen atoms in total. The van der Waals surface area contributed by atoms with Gasteiger partial charge in [-0.2, -0.15) is 0 Å². The van der Waals surface area contributed by atoms with E-state index in [2.05, 4.69) is 34.6 Å². The van der Waals surface area contributed by atoms with E-state index in [-0.39, 0.29) is 25.7 Å². The number of phosphoric acid groups is 2. The van der Waals surface area contributed by atoms with Gasteiger partial charge in [-0.25, -0.2) is 9.13 Å². The minimum Gasteiger partial charge on any atom is -0.462 e. The monoisotopic (exact) mass is 1400 g/mol. The smallest absolute Gasteiger partial charge is 0.462 e. The summed E-state index contributed by atoms with van der Waals surface area (Å²) in [5.74, 6) is -1.30. The maximum absolute atomic E-state index is 13.1. The SMILES string of the molecule is CCCCCCCCCCCCCCCCCC(=O)OC[C@H](COP(=O)(O)OC[C@@H](O)COP(=O)(O)OC[C@@H](COC(=O)CCCCCCCCCC)OC(=O)CCCCCCCCCCCCCCC)OC(=O)CCCCCCCCCCCCCCCCCCC(C)C. The average Bonchev–Trinajstić information content (AvgIpc) is 1.28. The summed E-state index contributed by atoms with van der Waals surface area (Å²) in [5.41, 5.74) is 0. The number of ether oxygens (including phenoxy) is 4. The predicted molar refractivity (Wildman–Crippen MR) is 386 cm³/mol. The van der Waals surface area contributed by atoms with Gasteiger partial charge in [0.25, 0.3) is 0 Å². The Bertz CT molecular complexity index is 1820. The lowest BCUT2D eigenvalue weighted by Gasteiger charge is -2.21. The first kappa shape index (κ1) is 93.1. The Morgan fingerprint density at radius 3 is 0.716 bits per heavy atom. The molecule has 19 heteroatoms. The van der Waals surface area contributed by atoms with Crippen molar-refractivity contribution < 1.29 is 80.2 Å². The summed E-state index contributed by atoms with van der Waals surface area (Å²) in [5, 5.41) is 10.6. The van der Waals surface area contributed by atoms with Crippen LogP contribution in [0.15, 0.2) is 0 Å². The number of aliphatic hydroxyl groups excluding tert-OH is 1. The van der Waals surface area contributed by atoms with Gasteiger partial charge >= 0.3 is 39.5 Å². The molecule has 0 aromatic carbocycles. The highest BCUT2D eigenvalue weighted by molar-refractivity contribution is 7.47. The average molecular weight is 1400 g/mol. The summed E-state index contributed by atoms with van der Waals surface area (Å²) in [4.78, 5) is 72.7. The van der Waals surface area contributed by atoms with Gasteiger partial charge in [-0.1, -0.05) is 349 Å². The second-order valence-corrected chi connectivity index (χ2v) is 30.8. The van der Waals surface area contributed by atoms with E-state index in [1.807, 2.05) is 0 Å².